The molecule has 0 atom stereocenters. The average Bonchev–Trinajstić information content (AvgIpc) is 4.02. The molecule has 2 aliphatic carbocycles. The van der Waals surface area contributed by atoms with Gasteiger partial charge in [-0.25, -0.2) is 0 Å². The maximum Gasteiger partial charge on any atom is 0.0726 e. The number of thiophene rings is 2. The van der Waals surface area contributed by atoms with Gasteiger partial charge in [-0.1, -0.05) is 146 Å². The van der Waals surface area contributed by atoms with E-state index >= 15 is 0 Å². The third kappa shape index (κ3) is 4.30. The van der Waals surface area contributed by atoms with Crippen LogP contribution in [0.1, 0.15) is 22.3 Å². The first-order chi connectivity index (χ1) is 28.8. The molecule has 2 heterocycles. The fourth-order valence-electron chi connectivity index (χ4n) is 10.4. The van der Waals surface area contributed by atoms with Crippen molar-refractivity contribution < 1.29 is 0 Å². The molecule has 58 heavy (non-hydrogen) atoms. The van der Waals surface area contributed by atoms with Gasteiger partial charge < -0.3 is 4.90 Å². The second-order valence-electron chi connectivity index (χ2n) is 15.5. The fraction of sp³-hybridized carbons (Fsp3) is 0.0182. The van der Waals surface area contributed by atoms with Crippen LogP contribution in [0.15, 0.2) is 200 Å². The molecule has 1 nitrogen and oxygen atoms in total. The predicted molar refractivity (Wildman–Crippen MR) is 249 cm³/mol. The molecular weight excluding hydrogens is 739 g/mol. The third-order valence-corrected chi connectivity index (χ3v) is 15.0. The summed E-state index contributed by atoms with van der Waals surface area (Å²) in [5.74, 6) is 0. The van der Waals surface area contributed by atoms with Crippen molar-refractivity contribution in [1.29, 1.82) is 0 Å². The lowest BCUT2D eigenvalue weighted by Gasteiger charge is -2.32. The molecule has 2 aromatic heterocycles. The minimum atomic E-state index is -0.410. The molecule has 3 heteroatoms. The highest BCUT2D eigenvalue weighted by atomic mass is 32.1. The predicted octanol–water partition coefficient (Wildman–Crippen LogP) is 15.9. The molecule has 0 saturated carbocycles. The topological polar surface area (TPSA) is 3.24 Å². The molecule has 9 aromatic carbocycles. The molecule has 0 unspecified atom stereocenters. The minimum Gasteiger partial charge on any atom is -0.310 e. The lowest BCUT2D eigenvalue weighted by atomic mass is 9.70. The Bertz CT molecular complexity index is 3420. The lowest BCUT2D eigenvalue weighted by Crippen LogP contribution is -2.26. The van der Waals surface area contributed by atoms with E-state index in [1.54, 1.807) is 0 Å². The lowest BCUT2D eigenvalue weighted by molar-refractivity contribution is 0.793. The normalized spacial score (nSPS) is 13.3. The molecule has 0 bridgehead atoms. The van der Waals surface area contributed by atoms with Gasteiger partial charge in [0.1, 0.15) is 0 Å². The summed E-state index contributed by atoms with van der Waals surface area (Å²) in [4.78, 5) is 2.45. The minimum absolute atomic E-state index is 0.410. The Hall–Kier alpha value is -6.78. The fourth-order valence-corrected chi connectivity index (χ4v) is 12.8. The molecule has 0 radical (unpaired) electrons. The van der Waals surface area contributed by atoms with Crippen molar-refractivity contribution in [3.63, 3.8) is 0 Å². The van der Waals surface area contributed by atoms with Gasteiger partial charge in [-0.15, -0.1) is 22.7 Å². The van der Waals surface area contributed by atoms with Crippen LogP contribution in [0.2, 0.25) is 0 Å². The van der Waals surface area contributed by atoms with Crippen molar-refractivity contribution in [3.05, 3.63) is 222 Å². The van der Waals surface area contributed by atoms with Gasteiger partial charge in [0.15, 0.2) is 0 Å². The Labute approximate surface area is 344 Å². The van der Waals surface area contributed by atoms with Gasteiger partial charge in [-0.2, -0.15) is 0 Å². The summed E-state index contributed by atoms with van der Waals surface area (Å²) in [5.41, 5.74) is 16.1. The quantitative estimate of drug-likeness (QED) is 0.172. The molecule has 0 aliphatic heterocycles. The molecule has 13 rings (SSSR count). The number of hydrogen-bond donors (Lipinski definition) is 0. The largest absolute Gasteiger partial charge is 0.310 e. The molecule has 0 N–H and O–H groups in total. The maximum absolute atomic E-state index is 2.49. The highest BCUT2D eigenvalue weighted by Crippen LogP contribution is 2.63. The number of rotatable bonds is 4. The van der Waals surface area contributed by atoms with E-state index in [9.17, 15) is 0 Å². The second-order valence-corrected chi connectivity index (χ2v) is 17.7. The molecule has 0 fully saturated rings. The Kier molecular flexibility index (Phi) is 6.75. The molecule has 0 saturated heterocycles. The van der Waals surface area contributed by atoms with Crippen molar-refractivity contribution in [2.45, 2.75) is 5.41 Å². The summed E-state index contributed by atoms with van der Waals surface area (Å²) in [6.45, 7) is 0. The zero-order valence-corrected chi connectivity index (χ0v) is 32.9. The molecule has 0 amide bonds. The van der Waals surface area contributed by atoms with Gasteiger partial charge in [0.05, 0.1) is 5.41 Å². The van der Waals surface area contributed by atoms with Crippen LogP contribution in [0, 0.1) is 0 Å². The highest BCUT2D eigenvalue weighted by Gasteiger charge is 2.51. The smallest absolute Gasteiger partial charge is 0.0726 e. The van der Waals surface area contributed by atoms with Gasteiger partial charge >= 0.3 is 0 Å². The molecule has 270 valence electrons. The van der Waals surface area contributed by atoms with Crippen LogP contribution in [0.5, 0.6) is 0 Å². The van der Waals surface area contributed by atoms with Crippen molar-refractivity contribution in [3.8, 4) is 33.4 Å². The number of benzene rings is 9. The first-order valence-electron chi connectivity index (χ1n) is 19.9. The van der Waals surface area contributed by atoms with E-state index in [4.69, 9.17) is 0 Å². The number of nitrogens with zero attached hydrogens (tertiary/aromatic N) is 1. The van der Waals surface area contributed by atoms with Gasteiger partial charge in [0.25, 0.3) is 0 Å². The Morgan fingerprint density at radius 1 is 0.328 bits per heavy atom. The summed E-state index contributed by atoms with van der Waals surface area (Å²) < 4.78 is 5.38. The number of fused-ring (bicyclic) bond motifs is 17. The average molecular weight is 772 g/mol. The molecular formula is C55H33NS2. The summed E-state index contributed by atoms with van der Waals surface area (Å²) in [7, 11) is 0. The summed E-state index contributed by atoms with van der Waals surface area (Å²) >= 11 is 3.82. The van der Waals surface area contributed by atoms with Crippen molar-refractivity contribution in [2.75, 3.05) is 4.90 Å². The van der Waals surface area contributed by atoms with Crippen LogP contribution in [0.3, 0.4) is 0 Å². The summed E-state index contributed by atoms with van der Waals surface area (Å²) in [6, 6.07) is 74.7. The van der Waals surface area contributed by atoms with Gasteiger partial charge in [0, 0.05) is 57.4 Å². The van der Waals surface area contributed by atoms with Gasteiger partial charge in [-0.05, 0) is 110 Å². The SMILES string of the molecule is c1ccc(N(c2cccc(-c3cccc4sc5ccc6c7ccccc7sc6c5c34)c2)c2ccc3c(c2)C2(c4ccccc4-c4ccccc42)c2ccccc2-3)cc1. The zero-order valence-electron chi connectivity index (χ0n) is 31.3. The zero-order chi connectivity index (χ0) is 38.0. The van der Waals surface area contributed by atoms with E-state index in [2.05, 4.69) is 205 Å². The standard InChI is InChI=1S/C55H33NS2/c1-2-15-35(16-3-1)56(37-28-29-42-41-20-6-10-25-47(41)55(48(42)33-37)45-23-8-4-18-39(45)40-19-5-9-24-46(40)55)36-17-12-14-34(32-36)38-22-13-27-50-52(38)53-51(57-50)31-30-44-43-21-7-11-26-49(43)58-54(44)53/h1-33H. The van der Waals surface area contributed by atoms with Crippen LogP contribution in [0.4, 0.5) is 17.1 Å². The summed E-state index contributed by atoms with van der Waals surface area (Å²) in [6.07, 6.45) is 0. The van der Waals surface area contributed by atoms with Crippen molar-refractivity contribution in [2.24, 2.45) is 0 Å². The summed E-state index contributed by atoms with van der Waals surface area (Å²) in [5, 5.41) is 5.40. The van der Waals surface area contributed by atoms with Crippen LogP contribution >= 0.6 is 22.7 Å². The van der Waals surface area contributed by atoms with E-state index in [0.717, 1.165) is 17.1 Å². The van der Waals surface area contributed by atoms with Gasteiger partial charge in [-0.3, -0.25) is 0 Å². The second kappa shape index (κ2) is 12.1. The van der Waals surface area contributed by atoms with E-state index in [1.807, 2.05) is 22.7 Å². The van der Waals surface area contributed by atoms with Gasteiger partial charge in [0.2, 0.25) is 0 Å². The van der Waals surface area contributed by atoms with E-state index in [-0.39, 0.29) is 0 Å². The Morgan fingerprint density at radius 2 is 0.897 bits per heavy atom. The van der Waals surface area contributed by atoms with Crippen LogP contribution in [0.25, 0.3) is 73.7 Å². The molecule has 2 aliphatic rings. The number of hydrogen-bond acceptors (Lipinski definition) is 3. The number of para-hydroxylation sites is 1. The van der Waals surface area contributed by atoms with E-state index in [0.29, 0.717) is 0 Å². The first kappa shape index (κ1) is 32.3. The van der Waals surface area contributed by atoms with Crippen molar-refractivity contribution in [1.82, 2.24) is 0 Å². The number of anilines is 3. The monoisotopic (exact) mass is 771 g/mol. The van der Waals surface area contributed by atoms with Crippen LogP contribution in [-0.4, -0.2) is 0 Å². The molecule has 1 spiro atoms. The molecule has 11 aromatic rings. The van der Waals surface area contributed by atoms with Crippen LogP contribution < -0.4 is 4.90 Å². The Morgan fingerprint density at radius 3 is 1.66 bits per heavy atom. The highest BCUT2D eigenvalue weighted by molar-refractivity contribution is 7.29. The Balaban J connectivity index is 1.03. The van der Waals surface area contributed by atoms with E-state index in [1.165, 1.54) is 96.0 Å². The maximum atomic E-state index is 2.49. The van der Waals surface area contributed by atoms with Crippen LogP contribution in [-0.2, 0) is 5.41 Å². The first-order valence-corrected chi connectivity index (χ1v) is 21.6. The van der Waals surface area contributed by atoms with Crippen molar-refractivity contribution >= 4 is 80.1 Å². The third-order valence-electron chi connectivity index (χ3n) is 12.7. The van der Waals surface area contributed by atoms with E-state index < -0.39 is 5.41 Å².